The quantitative estimate of drug-likeness (QED) is 0.401. The summed E-state index contributed by atoms with van der Waals surface area (Å²) in [6, 6.07) is 5.79. The highest BCUT2D eigenvalue weighted by Crippen LogP contribution is 2.35. The van der Waals surface area contributed by atoms with Crippen LogP contribution in [0.4, 0.5) is 4.79 Å². The van der Waals surface area contributed by atoms with E-state index in [1.165, 1.54) is 0 Å². The van der Waals surface area contributed by atoms with Crippen LogP contribution in [0.25, 0.3) is 0 Å². The van der Waals surface area contributed by atoms with E-state index in [1.54, 1.807) is 4.90 Å². The molecule has 2 atom stereocenters. The molecule has 3 aliphatic rings. The third-order valence-corrected chi connectivity index (χ3v) is 8.06. The minimum Gasteiger partial charge on any atom is -0.444 e. The molecule has 2 fully saturated rings. The van der Waals surface area contributed by atoms with Gasteiger partial charge < -0.3 is 20.3 Å². The van der Waals surface area contributed by atoms with Crippen LogP contribution in [0.5, 0.6) is 0 Å². The molecule has 9 heteroatoms. The average Bonchev–Trinajstić information content (AvgIpc) is 3.21. The fourth-order valence-corrected chi connectivity index (χ4v) is 6.03. The number of amides is 4. The number of carbonyl (C=O) groups is 4. The van der Waals surface area contributed by atoms with Crippen LogP contribution in [0.3, 0.4) is 0 Å². The molecular weight excluding hydrogens is 496 g/mol. The van der Waals surface area contributed by atoms with E-state index in [9.17, 15) is 19.2 Å². The number of nitrogens with one attached hydrogen (secondary N) is 3. The molecule has 9 nitrogen and oxygen atoms in total. The number of carbonyl (C=O) groups excluding carboxylic acids is 4. The number of unbranched alkanes of at least 4 members (excludes halogenated alkanes) is 1. The molecule has 3 N–H and O–H groups in total. The van der Waals surface area contributed by atoms with E-state index < -0.39 is 11.6 Å². The lowest BCUT2D eigenvalue weighted by molar-refractivity contribution is -0.136. The molecule has 4 amide bonds. The van der Waals surface area contributed by atoms with Gasteiger partial charge in [0.1, 0.15) is 11.6 Å². The smallest absolute Gasteiger partial charge is 0.407 e. The van der Waals surface area contributed by atoms with Crippen molar-refractivity contribution in [1.82, 2.24) is 20.9 Å². The molecule has 4 rings (SSSR count). The van der Waals surface area contributed by atoms with E-state index in [0.29, 0.717) is 37.0 Å². The van der Waals surface area contributed by atoms with Crippen LogP contribution < -0.4 is 16.0 Å². The van der Waals surface area contributed by atoms with E-state index >= 15 is 0 Å². The van der Waals surface area contributed by atoms with Gasteiger partial charge in [-0.15, -0.1) is 0 Å². The molecule has 0 bridgehead atoms. The Kier molecular flexibility index (Phi) is 9.31. The lowest BCUT2D eigenvalue weighted by atomic mass is 9.84. The lowest BCUT2D eigenvalue weighted by Gasteiger charge is -2.33. The Balaban J connectivity index is 1.39. The molecule has 39 heavy (non-hydrogen) atoms. The third-order valence-electron chi connectivity index (χ3n) is 8.06. The summed E-state index contributed by atoms with van der Waals surface area (Å²) < 4.78 is 5.36. The maximum absolute atomic E-state index is 13.3. The molecule has 1 saturated carbocycles. The van der Waals surface area contributed by atoms with E-state index in [1.807, 2.05) is 32.9 Å². The number of fused-ring (bicyclic) bond motifs is 1. The monoisotopic (exact) mass is 540 g/mol. The van der Waals surface area contributed by atoms with Crippen molar-refractivity contribution in [3.63, 3.8) is 0 Å². The van der Waals surface area contributed by atoms with E-state index in [-0.39, 0.29) is 36.3 Å². The zero-order valence-corrected chi connectivity index (χ0v) is 23.8. The van der Waals surface area contributed by atoms with Gasteiger partial charge in [-0.2, -0.15) is 0 Å². The Morgan fingerprint density at radius 3 is 2.54 bits per heavy atom. The van der Waals surface area contributed by atoms with Gasteiger partial charge in [0.2, 0.25) is 11.8 Å². The molecule has 214 valence electrons. The van der Waals surface area contributed by atoms with Crippen molar-refractivity contribution in [2.75, 3.05) is 6.54 Å². The van der Waals surface area contributed by atoms with Crippen molar-refractivity contribution in [3.05, 3.63) is 34.9 Å². The van der Waals surface area contributed by atoms with Crippen LogP contribution >= 0.6 is 0 Å². The SMILES string of the molecule is CCCC[C@H](NC1CCC(CNC(=O)OC(C)(C)C)CC1)c1cccc2c1CN([C@H]1CCC(=O)NC1=O)C2=O. The number of hydrogen-bond acceptors (Lipinski definition) is 6. The van der Waals surface area contributed by atoms with Crippen molar-refractivity contribution < 1.29 is 23.9 Å². The van der Waals surface area contributed by atoms with Crippen LogP contribution in [0, 0.1) is 5.92 Å². The van der Waals surface area contributed by atoms with Crippen molar-refractivity contribution in [3.8, 4) is 0 Å². The highest BCUT2D eigenvalue weighted by Gasteiger charge is 2.40. The Morgan fingerprint density at radius 1 is 1.13 bits per heavy atom. The van der Waals surface area contributed by atoms with Gasteiger partial charge in [-0.05, 0) is 82.4 Å². The number of nitrogens with zero attached hydrogens (tertiary/aromatic N) is 1. The highest BCUT2D eigenvalue weighted by atomic mass is 16.6. The Morgan fingerprint density at radius 2 is 1.87 bits per heavy atom. The summed E-state index contributed by atoms with van der Waals surface area (Å²) in [5.74, 6) is -0.355. The zero-order chi connectivity index (χ0) is 28.2. The predicted octanol–water partition coefficient (Wildman–Crippen LogP) is 4.35. The van der Waals surface area contributed by atoms with Crippen molar-refractivity contribution >= 4 is 23.8 Å². The number of benzene rings is 1. The zero-order valence-electron chi connectivity index (χ0n) is 23.8. The van der Waals surface area contributed by atoms with E-state index in [4.69, 9.17) is 4.74 Å². The molecule has 0 unspecified atom stereocenters. The van der Waals surface area contributed by atoms with Crippen LogP contribution in [-0.2, 0) is 20.9 Å². The number of alkyl carbamates (subject to hydrolysis) is 1. The van der Waals surface area contributed by atoms with Crippen LogP contribution in [0.2, 0.25) is 0 Å². The molecule has 1 aliphatic carbocycles. The summed E-state index contributed by atoms with van der Waals surface area (Å²) in [6.07, 6.45) is 7.49. The first kappa shape index (κ1) is 29.1. The first-order valence-corrected chi connectivity index (χ1v) is 14.5. The van der Waals surface area contributed by atoms with Gasteiger partial charge in [0.15, 0.2) is 0 Å². The summed E-state index contributed by atoms with van der Waals surface area (Å²) in [4.78, 5) is 51.1. The number of hydrogen-bond donors (Lipinski definition) is 3. The molecule has 0 radical (unpaired) electrons. The second-order valence-corrected chi connectivity index (χ2v) is 12.2. The molecular formula is C30H44N4O5. The number of imide groups is 1. The fourth-order valence-electron chi connectivity index (χ4n) is 6.03. The second-order valence-electron chi connectivity index (χ2n) is 12.2. The maximum atomic E-state index is 13.3. The van der Waals surface area contributed by atoms with Crippen molar-refractivity contribution in [2.24, 2.45) is 5.92 Å². The van der Waals surface area contributed by atoms with Crippen molar-refractivity contribution in [1.29, 1.82) is 0 Å². The topological polar surface area (TPSA) is 117 Å². The first-order chi connectivity index (χ1) is 18.6. The largest absolute Gasteiger partial charge is 0.444 e. The summed E-state index contributed by atoms with van der Waals surface area (Å²) in [6.45, 7) is 8.80. The average molecular weight is 541 g/mol. The Labute approximate surface area is 231 Å². The van der Waals surface area contributed by atoms with Crippen LogP contribution in [0.15, 0.2) is 18.2 Å². The summed E-state index contributed by atoms with van der Waals surface area (Å²) in [5, 5.41) is 9.22. The lowest BCUT2D eigenvalue weighted by Crippen LogP contribution is -2.52. The number of ether oxygens (including phenoxy) is 1. The molecule has 0 spiro atoms. The second kappa shape index (κ2) is 12.5. The number of rotatable bonds is 9. The Bertz CT molecular complexity index is 1070. The van der Waals surface area contributed by atoms with Gasteiger partial charge in [0.05, 0.1) is 0 Å². The molecule has 0 aromatic heterocycles. The van der Waals surface area contributed by atoms with Gasteiger partial charge in [-0.3, -0.25) is 19.7 Å². The third kappa shape index (κ3) is 7.38. The predicted molar refractivity (Wildman–Crippen MR) is 148 cm³/mol. The van der Waals surface area contributed by atoms with Gasteiger partial charge in [0.25, 0.3) is 5.91 Å². The molecule has 1 aromatic carbocycles. The van der Waals surface area contributed by atoms with Gasteiger partial charge in [0, 0.05) is 37.2 Å². The summed E-state index contributed by atoms with van der Waals surface area (Å²) >= 11 is 0. The van der Waals surface area contributed by atoms with Crippen molar-refractivity contribution in [2.45, 2.75) is 116 Å². The molecule has 1 saturated heterocycles. The molecule has 1 aromatic rings. The minimum atomic E-state index is -0.609. The van der Waals surface area contributed by atoms with Crippen LogP contribution in [-0.4, -0.2) is 52.9 Å². The summed E-state index contributed by atoms with van der Waals surface area (Å²) in [7, 11) is 0. The standard InChI is InChI=1S/C30H44N4O5/c1-5-6-10-24(32-20-13-11-19(12-14-20)17-31-29(38)39-30(2,3)4)21-8-7-9-22-23(21)18-34(28(22)37)25-15-16-26(35)33-27(25)36/h7-9,19-20,24-25,32H,5-6,10-18H2,1-4H3,(H,31,38)(H,33,35,36)/t19?,20?,24-,25-/m0/s1. The fraction of sp³-hybridized carbons (Fsp3) is 0.667. The highest BCUT2D eigenvalue weighted by molar-refractivity contribution is 6.05. The summed E-state index contributed by atoms with van der Waals surface area (Å²) in [5.41, 5.74) is 2.30. The van der Waals surface area contributed by atoms with E-state index in [0.717, 1.165) is 56.1 Å². The number of piperidine rings is 1. The first-order valence-electron chi connectivity index (χ1n) is 14.5. The maximum Gasteiger partial charge on any atom is 0.407 e. The minimum absolute atomic E-state index is 0.121. The van der Waals surface area contributed by atoms with Gasteiger partial charge >= 0.3 is 6.09 Å². The normalized spacial score (nSPS) is 24.3. The van der Waals surface area contributed by atoms with Gasteiger partial charge in [-0.25, -0.2) is 4.79 Å². The Hall–Kier alpha value is -2.94. The van der Waals surface area contributed by atoms with Gasteiger partial charge in [-0.1, -0.05) is 31.9 Å². The molecule has 2 aliphatic heterocycles. The van der Waals surface area contributed by atoms with Crippen LogP contribution in [0.1, 0.15) is 113 Å². The molecule has 2 heterocycles. The van der Waals surface area contributed by atoms with E-state index in [2.05, 4.69) is 28.9 Å².